The second-order valence-corrected chi connectivity index (χ2v) is 2.34. The zero-order chi connectivity index (χ0) is 22.3. The van der Waals surface area contributed by atoms with Gasteiger partial charge < -0.3 is 10.6 Å². The largest absolute Gasteiger partial charge is 0.396 e. The average Bonchev–Trinajstić information content (AvgIpc) is 2.48. The third kappa shape index (κ3) is 1.95. The summed E-state index contributed by atoms with van der Waals surface area (Å²) in [5.41, 5.74) is 4.83. The van der Waals surface area contributed by atoms with Crippen molar-refractivity contribution in [2.75, 3.05) is 23.6 Å². The SMILES string of the molecule is [2H]c1nc(N2C([2H])([2H])C([2H])([2H])C([2H])(C([2H])([2H])[2H])C([2H])([2H])C2([2H])[2H])nc([2H])c1N. The van der Waals surface area contributed by atoms with Crippen LogP contribution in [0.3, 0.4) is 0 Å². The normalized spacial score (nSPS) is 50.7. The molecule has 0 radical (unpaired) electrons. The topological polar surface area (TPSA) is 55.0 Å². The van der Waals surface area contributed by atoms with Crippen molar-refractivity contribution < 1.29 is 19.2 Å². The zero-order valence-corrected chi connectivity index (χ0v) is 6.92. The third-order valence-corrected chi connectivity index (χ3v) is 1.34. The van der Waals surface area contributed by atoms with E-state index < -0.39 is 62.5 Å². The van der Waals surface area contributed by atoms with Gasteiger partial charge in [0.1, 0.15) is 0 Å². The van der Waals surface area contributed by atoms with Gasteiger partial charge in [0.15, 0.2) is 0 Å². The van der Waals surface area contributed by atoms with E-state index in [0.29, 0.717) is 0 Å². The highest BCUT2D eigenvalue weighted by molar-refractivity contribution is 5.37. The fraction of sp³-hybridized carbons (Fsp3) is 0.600. The number of anilines is 2. The lowest BCUT2D eigenvalue weighted by molar-refractivity contribution is 0.434. The van der Waals surface area contributed by atoms with Crippen molar-refractivity contribution in [1.29, 1.82) is 0 Å². The Balaban J connectivity index is 2.93. The number of rotatable bonds is 1. The van der Waals surface area contributed by atoms with Gasteiger partial charge in [0.05, 0.1) is 20.8 Å². The van der Waals surface area contributed by atoms with Crippen LogP contribution in [0.15, 0.2) is 12.3 Å². The fourth-order valence-corrected chi connectivity index (χ4v) is 0.753. The van der Waals surface area contributed by atoms with Crippen molar-refractivity contribution in [2.45, 2.75) is 19.6 Å². The first-order valence-electron chi connectivity index (χ1n) is 10.6. The van der Waals surface area contributed by atoms with Crippen LogP contribution in [-0.4, -0.2) is 23.0 Å². The Labute approximate surface area is 104 Å². The van der Waals surface area contributed by atoms with Gasteiger partial charge in [-0.3, -0.25) is 0 Å². The number of nitrogens with two attached hydrogens (primary N) is 1. The summed E-state index contributed by atoms with van der Waals surface area (Å²) in [6, 6.07) is 0. The summed E-state index contributed by atoms with van der Waals surface area (Å²) in [5.74, 6) is -4.96. The van der Waals surface area contributed by atoms with Crippen molar-refractivity contribution in [1.82, 2.24) is 9.97 Å². The molecule has 2 heterocycles. The minimum absolute atomic E-state index is 0.214. The molecule has 2 rings (SSSR count). The minimum Gasteiger partial charge on any atom is -0.396 e. The molecule has 1 aromatic heterocycles. The lowest BCUT2D eigenvalue weighted by Gasteiger charge is -2.30. The van der Waals surface area contributed by atoms with Crippen molar-refractivity contribution in [3.8, 4) is 0 Å². The van der Waals surface area contributed by atoms with Gasteiger partial charge in [-0.2, -0.15) is 0 Å². The van der Waals surface area contributed by atoms with E-state index in [-0.39, 0.29) is 4.90 Å². The molecular weight excluding hydrogens is 176 g/mol. The van der Waals surface area contributed by atoms with Gasteiger partial charge in [0.2, 0.25) is 5.95 Å². The van der Waals surface area contributed by atoms with E-state index in [0.717, 1.165) is 0 Å². The highest BCUT2D eigenvalue weighted by Crippen LogP contribution is 2.19. The zero-order valence-electron chi connectivity index (χ0n) is 20.9. The van der Waals surface area contributed by atoms with Crippen LogP contribution in [0.1, 0.15) is 38.8 Å². The summed E-state index contributed by atoms with van der Waals surface area (Å²) in [6.07, 6.45) is -9.28. The van der Waals surface area contributed by atoms with Crippen molar-refractivity contribution in [3.63, 3.8) is 0 Å². The van der Waals surface area contributed by atoms with E-state index in [4.69, 9.17) is 24.9 Å². The van der Waals surface area contributed by atoms with Crippen LogP contribution in [0.25, 0.3) is 0 Å². The number of hydrogen-bond donors (Lipinski definition) is 1. The van der Waals surface area contributed by atoms with Gasteiger partial charge in [-0.05, 0) is 18.6 Å². The van der Waals surface area contributed by atoms with Crippen LogP contribution >= 0.6 is 0 Å². The molecule has 0 amide bonds. The third-order valence-electron chi connectivity index (χ3n) is 1.34. The van der Waals surface area contributed by atoms with E-state index in [1.54, 1.807) is 0 Å². The Morgan fingerprint density at radius 1 is 1.64 bits per heavy atom. The summed E-state index contributed by atoms with van der Waals surface area (Å²) in [7, 11) is 0. The smallest absolute Gasteiger partial charge is 0.225 e. The molecule has 0 spiro atoms. The highest BCUT2D eigenvalue weighted by atomic mass is 15.2. The molecule has 1 aliphatic rings. The summed E-state index contributed by atoms with van der Waals surface area (Å²) >= 11 is 0. The second-order valence-electron chi connectivity index (χ2n) is 2.34. The molecule has 14 heavy (non-hydrogen) atoms. The minimum atomic E-state index is -3.88. The second kappa shape index (κ2) is 3.82. The predicted octanol–water partition coefficient (Wildman–Crippen LogP) is 1.30. The van der Waals surface area contributed by atoms with Crippen LogP contribution in [0, 0.1) is 5.89 Å². The van der Waals surface area contributed by atoms with Gasteiger partial charge in [-0.15, -0.1) is 0 Å². The quantitative estimate of drug-likeness (QED) is 0.752. The van der Waals surface area contributed by atoms with Crippen LogP contribution in [0.2, 0.25) is 0 Å². The van der Waals surface area contributed by atoms with E-state index in [1.807, 2.05) is 0 Å². The lowest BCUT2D eigenvalue weighted by Crippen LogP contribution is -2.34. The average molecular weight is 206 g/mol. The molecule has 0 bridgehead atoms. The van der Waals surface area contributed by atoms with Crippen LogP contribution < -0.4 is 10.6 Å². The van der Waals surface area contributed by atoms with Gasteiger partial charge >= 0.3 is 0 Å². The molecule has 0 aliphatic carbocycles. The molecule has 4 nitrogen and oxygen atoms in total. The van der Waals surface area contributed by atoms with Crippen molar-refractivity contribution >= 4 is 11.6 Å². The van der Waals surface area contributed by atoms with Crippen LogP contribution in [0.5, 0.6) is 0 Å². The molecule has 4 heteroatoms. The number of aromatic nitrogens is 2. The van der Waals surface area contributed by atoms with E-state index in [2.05, 4.69) is 9.97 Å². The van der Waals surface area contributed by atoms with E-state index >= 15 is 0 Å². The van der Waals surface area contributed by atoms with Gasteiger partial charge in [0.25, 0.3) is 0 Å². The van der Waals surface area contributed by atoms with E-state index in [1.165, 1.54) is 0 Å². The fourth-order valence-electron chi connectivity index (χ4n) is 0.753. The van der Waals surface area contributed by atoms with Gasteiger partial charge in [-0.25, -0.2) is 9.97 Å². The maximum absolute atomic E-state index is 8.11. The Bertz CT molecular complexity index is 751. The first kappa shape index (κ1) is 2.26. The lowest BCUT2D eigenvalue weighted by atomic mass is 10.00. The molecule has 0 unspecified atom stereocenters. The number of piperidine rings is 1. The number of hydrogen-bond acceptors (Lipinski definition) is 4. The van der Waals surface area contributed by atoms with Crippen molar-refractivity contribution in [3.05, 3.63) is 12.3 Å². The van der Waals surface area contributed by atoms with Gasteiger partial charge in [0, 0.05) is 29.4 Å². The first-order valence-corrected chi connectivity index (χ1v) is 3.60. The van der Waals surface area contributed by atoms with Gasteiger partial charge in [-0.1, -0.05) is 6.85 Å². The standard InChI is InChI=1S/C10H16N4/c1-8-2-4-14(5-3-8)10-12-6-9(11)7-13-10/h6-8H,2-5,11H2,1H3/i1D3,2D2,3D2,4D2,5D2,6D,7D,8D. The molecule has 1 fully saturated rings. The Morgan fingerprint density at radius 3 is 2.86 bits per heavy atom. The Hall–Kier alpha value is -1.32. The summed E-state index contributed by atoms with van der Waals surface area (Å²) in [5, 5.41) is 0. The molecule has 76 valence electrons. The maximum Gasteiger partial charge on any atom is 0.225 e. The number of nitrogens with zero attached hydrogens (tertiary/aromatic N) is 3. The first-order chi connectivity index (χ1) is 12.2. The van der Waals surface area contributed by atoms with Crippen LogP contribution in [0.4, 0.5) is 11.6 Å². The van der Waals surface area contributed by atoms with Crippen molar-refractivity contribution in [2.24, 2.45) is 5.89 Å². The summed E-state index contributed by atoms with van der Waals surface area (Å²) < 4.78 is 110. The highest BCUT2D eigenvalue weighted by Gasteiger charge is 2.17. The molecule has 1 aromatic rings. The molecule has 0 saturated carbocycles. The molecule has 0 aromatic carbocycles. The molecular formula is C10H16N4. The Morgan fingerprint density at radius 2 is 2.29 bits per heavy atom. The van der Waals surface area contributed by atoms with Crippen LogP contribution in [-0.2, 0) is 0 Å². The Kier molecular flexibility index (Phi) is 0.616. The molecule has 1 aliphatic heterocycles. The predicted molar refractivity (Wildman–Crippen MR) is 57.1 cm³/mol. The molecule has 2 N–H and O–H groups in total. The molecule has 1 saturated heterocycles. The summed E-state index contributed by atoms with van der Waals surface area (Å²) in [4.78, 5) is 6.61. The van der Waals surface area contributed by atoms with E-state index in [9.17, 15) is 0 Å². The number of nitrogen functional groups attached to an aromatic ring is 1. The summed E-state index contributed by atoms with van der Waals surface area (Å²) in [6.45, 7) is -11.1. The monoisotopic (exact) mass is 206 g/mol. The maximum atomic E-state index is 8.11. The molecule has 0 atom stereocenters.